The number of nitrogens with one attached hydrogen (secondary N) is 2. The van der Waals surface area contributed by atoms with Crippen molar-refractivity contribution in [1.29, 1.82) is 5.41 Å². The molecule has 4 nitrogen and oxygen atoms in total. The number of hydrogen-bond donors (Lipinski definition) is 2. The highest BCUT2D eigenvalue weighted by Crippen LogP contribution is 2.38. The lowest BCUT2D eigenvalue weighted by molar-refractivity contribution is -0.0720. The van der Waals surface area contributed by atoms with Crippen molar-refractivity contribution in [2.24, 2.45) is 0 Å². The second-order valence-corrected chi connectivity index (χ2v) is 8.77. The first-order valence-corrected chi connectivity index (χ1v) is 10.1. The Morgan fingerprint density at radius 3 is 2.57 bits per heavy atom. The van der Waals surface area contributed by atoms with Crippen molar-refractivity contribution < 1.29 is 9.47 Å². The van der Waals surface area contributed by atoms with E-state index < -0.39 is 11.1 Å². The van der Waals surface area contributed by atoms with Crippen molar-refractivity contribution in [3.05, 3.63) is 47.5 Å². The standard InChI is InChI=1S/C23H24N2O2S/c1-5-6-15-7-9-19-17(11-15)18-12-16(8-10-20(18)28-19)22(2)13-27-23(3,14-26-4)21(24)25-22/h7-12H,13-14H2,1-4H3,(H2,24,25)/t22-,23+/m0/s1. The summed E-state index contributed by atoms with van der Waals surface area (Å²) in [5.41, 5.74) is 0.938. The van der Waals surface area contributed by atoms with Gasteiger partial charge >= 0.3 is 0 Å². The average Bonchev–Trinajstić information content (AvgIpc) is 3.03. The van der Waals surface area contributed by atoms with Crippen molar-refractivity contribution in [1.82, 2.24) is 5.32 Å². The maximum Gasteiger partial charge on any atom is 0.145 e. The number of benzene rings is 2. The topological polar surface area (TPSA) is 54.3 Å². The van der Waals surface area contributed by atoms with E-state index in [1.165, 1.54) is 20.2 Å². The molecule has 1 aromatic heterocycles. The van der Waals surface area contributed by atoms with Crippen LogP contribution in [0.1, 0.15) is 31.9 Å². The number of ether oxygens (including phenoxy) is 2. The van der Waals surface area contributed by atoms with E-state index in [0.29, 0.717) is 19.0 Å². The van der Waals surface area contributed by atoms with Crippen molar-refractivity contribution in [3.8, 4) is 11.8 Å². The Morgan fingerprint density at radius 2 is 1.89 bits per heavy atom. The smallest absolute Gasteiger partial charge is 0.145 e. The number of methoxy groups -OCH3 is 1. The number of amidine groups is 1. The molecule has 2 N–H and O–H groups in total. The fourth-order valence-electron chi connectivity index (χ4n) is 3.71. The van der Waals surface area contributed by atoms with E-state index in [0.717, 1.165) is 11.1 Å². The molecule has 1 fully saturated rings. The van der Waals surface area contributed by atoms with Gasteiger partial charge in [-0.05, 0) is 56.7 Å². The van der Waals surface area contributed by atoms with E-state index >= 15 is 0 Å². The summed E-state index contributed by atoms with van der Waals surface area (Å²) < 4.78 is 13.8. The molecule has 0 bridgehead atoms. The van der Waals surface area contributed by atoms with Gasteiger partial charge in [0.15, 0.2) is 0 Å². The molecule has 0 spiro atoms. The van der Waals surface area contributed by atoms with Crippen LogP contribution in [-0.4, -0.2) is 31.8 Å². The van der Waals surface area contributed by atoms with Crippen LogP contribution in [0.5, 0.6) is 0 Å². The van der Waals surface area contributed by atoms with Gasteiger partial charge < -0.3 is 14.8 Å². The summed E-state index contributed by atoms with van der Waals surface area (Å²) in [5.74, 6) is 6.47. The van der Waals surface area contributed by atoms with Gasteiger partial charge in [0.25, 0.3) is 0 Å². The summed E-state index contributed by atoms with van der Waals surface area (Å²) in [6, 6.07) is 12.9. The summed E-state index contributed by atoms with van der Waals surface area (Å²) in [6.45, 7) is 6.64. The third-order valence-corrected chi connectivity index (χ3v) is 6.56. The van der Waals surface area contributed by atoms with Gasteiger partial charge in [0.2, 0.25) is 0 Å². The number of rotatable bonds is 3. The highest BCUT2D eigenvalue weighted by atomic mass is 32.1. The Hall–Kier alpha value is -2.39. The molecule has 5 heteroatoms. The van der Waals surface area contributed by atoms with E-state index in [1.54, 1.807) is 18.4 Å². The summed E-state index contributed by atoms with van der Waals surface area (Å²) in [5, 5.41) is 14.3. The molecule has 4 rings (SSSR count). The Kier molecular flexibility index (Phi) is 4.67. The number of hydrogen-bond acceptors (Lipinski definition) is 4. The van der Waals surface area contributed by atoms with E-state index in [2.05, 4.69) is 60.5 Å². The molecule has 0 unspecified atom stereocenters. The molecule has 2 heterocycles. The van der Waals surface area contributed by atoms with Gasteiger partial charge in [-0.25, -0.2) is 0 Å². The molecule has 2 aromatic carbocycles. The van der Waals surface area contributed by atoms with Crippen LogP contribution in [0.25, 0.3) is 20.2 Å². The van der Waals surface area contributed by atoms with Gasteiger partial charge in [-0.15, -0.1) is 17.3 Å². The van der Waals surface area contributed by atoms with Crippen molar-refractivity contribution in [2.45, 2.75) is 31.9 Å². The summed E-state index contributed by atoms with van der Waals surface area (Å²) >= 11 is 1.79. The maximum atomic E-state index is 8.46. The predicted octanol–water partition coefficient (Wildman–Crippen LogP) is 4.64. The minimum atomic E-state index is -0.735. The van der Waals surface area contributed by atoms with Crippen LogP contribution < -0.4 is 5.32 Å². The predicted molar refractivity (Wildman–Crippen MR) is 116 cm³/mol. The first-order valence-electron chi connectivity index (χ1n) is 9.28. The van der Waals surface area contributed by atoms with Crippen molar-refractivity contribution in [3.63, 3.8) is 0 Å². The van der Waals surface area contributed by atoms with Crippen LogP contribution in [0.3, 0.4) is 0 Å². The minimum absolute atomic E-state index is 0.346. The van der Waals surface area contributed by atoms with Gasteiger partial charge in [-0.2, -0.15) is 0 Å². The lowest BCUT2D eigenvalue weighted by Gasteiger charge is -2.45. The lowest BCUT2D eigenvalue weighted by atomic mass is 9.88. The second-order valence-electron chi connectivity index (χ2n) is 7.68. The molecule has 0 saturated carbocycles. The zero-order valence-corrected chi connectivity index (χ0v) is 17.4. The first-order chi connectivity index (χ1) is 13.4. The SMILES string of the molecule is CC#Cc1ccc2sc3ccc([C@]4(C)CO[C@](C)(COC)C(=N)N4)cc3c2c1. The van der Waals surface area contributed by atoms with Gasteiger partial charge in [-0.3, -0.25) is 5.41 Å². The Bertz CT molecular complexity index is 1140. The minimum Gasteiger partial charge on any atom is -0.381 e. The second kappa shape index (κ2) is 6.89. The van der Waals surface area contributed by atoms with E-state index in [4.69, 9.17) is 14.9 Å². The van der Waals surface area contributed by atoms with E-state index in [9.17, 15) is 0 Å². The largest absolute Gasteiger partial charge is 0.381 e. The molecule has 0 aliphatic carbocycles. The van der Waals surface area contributed by atoms with Crippen LogP contribution in [-0.2, 0) is 15.0 Å². The highest BCUT2D eigenvalue weighted by Gasteiger charge is 2.43. The zero-order chi connectivity index (χ0) is 19.9. The molecule has 2 atom stereocenters. The van der Waals surface area contributed by atoms with Gasteiger partial charge in [0.05, 0.1) is 18.8 Å². The van der Waals surface area contributed by atoms with Crippen molar-refractivity contribution >= 4 is 37.3 Å². The highest BCUT2D eigenvalue weighted by molar-refractivity contribution is 7.25. The Labute approximate surface area is 169 Å². The molecule has 1 aliphatic heterocycles. The van der Waals surface area contributed by atoms with Crippen LogP contribution in [0.4, 0.5) is 0 Å². The molecule has 0 radical (unpaired) electrons. The fourth-order valence-corrected chi connectivity index (χ4v) is 4.77. The number of morpholine rings is 1. The Balaban J connectivity index is 1.76. The summed E-state index contributed by atoms with van der Waals surface area (Å²) in [6.07, 6.45) is 0. The normalized spacial score (nSPS) is 24.8. The maximum absolute atomic E-state index is 8.46. The third kappa shape index (κ3) is 3.08. The van der Waals surface area contributed by atoms with Crippen LogP contribution in [0.15, 0.2) is 36.4 Å². The van der Waals surface area contributed by atoms with Crippen LogP contribution in [0.2, 0.25) is 0 Å². The van der Waals surface area contributed by atoms with Crippen LogP contribution >= 0.6 is 11.3 Å². The lowest BCUT2D eigenvalue weighted by Crippen LogP contribution is -2.63. The molecule has 3 aromatic rings. The number of thiophene rings is 1. The molecule has 0 amide bonds. The molecular weight excluding hydrogens is 368 g/mol. The number of fused-ring (bicyclic) bond motifs is 3. The molecular formula is C23H24N2O2S. The Morgan fingerprint density at radius 1 is 1.18 bits per heavy atom. The van der Waals surface area contributed by atoms with Crippen molar-refractivity contribution in [2.75, 3.05) is 20.3 Å². The molecule has 28 heavy (non-hydrogen) atoms. The van der Waals surface area contributed by atoms with E-state index in [-0.39, 0.29) is 0 Å². The first kappa shape index (κ1) is 18.9. The van der Waals surface area contributed by atoms with Gasteiger partial charge in [0.1, 0.15) is 11.4 Å². The van der Waals surface area contributed by atoms with Crippen LogP contribution in [0, 0.1) is 17.3 Å². The molecule has 1 saturated heterocycles. The third-order valence-electron chi connectivity index (χ3n) is 5.40. The van der Waals surface area contributed by atoms with Gasteiger partial charge in [-0.1, -0.05) is 12.0 Å². The molecule has 1 aliphatic rings. The summed E-state index contributed by atoms with van der Waals surface area (Å²) in [7, 11) is 1.63. The summed E-state index contributed by atoms with van der Waals surface area (Å²) in [4.78, 5) is 0. The fraction of sp³-hybridized carbons (Fsp3) is 0.348. The van der Waals surface area contributed by atoms with E-state index in [1.807, 2.05) is 13.8 Å². The average molecular weight is 393 g/mol. The molecule has 144 valence electrons. The quantitative estimate of drug-likeness (QED) is 0.638. The zero-order valence-electron chi connectivity index (χ0n) is 16.6. The monoisotopic (exact) mass is 392 g/mol. The van der Waals surface area contributed by atoms with Gasteiger partial charge in [0, 0.05) is 32.8 Å².